The smallest absolute Gasteiger partial charge is 0.337 e. The number of hydrogen-bond donors (Lipinski definition) is 0. The molecule has 0 amide bonds. The molecule has 0 spiro atoms. The van der Waals surface area contributed by atoms with Crippen LogP contribution in [0.15, 0.2) is 0 Å². The van der Waals surface area contributed by atoms with Crippen molar-refractivity contribution in [1.82, 2.24) is 0 Å². The van der Waals surface area contributed by atoms with Gasteiger partial charge >= 0.3 is 5.97 Å². The van der Waals surface area contributed by atoms with Crippen LogP contribution >= 0.6 is 0 Å². The van der Waals surface area contributed by atoms with Gasteiger partial charge in [0.2, 0.25) is 0 Å². The van der Waals surface area contributed by atoms with Crippen LogP contribution in [0.4, 0.5) is 4.39 Å². The van der Waals surface area contributed by atoms with Crippen molar-refractivity contribution in [3.63, 3.8) is 0 Å². The number of rotatable bonds is 4. The molecule has 2 nitrogen and oxygen atoms in total. The van der Waals surface area contributed by atoms with Gasteiger partial charge in [-0.3, -0.25) is 0 Å². The van der Waals surface area contributed by atoms with Gasteiger partial charge in [-0.25, -0.2) is 9.18 Å². The Balaban J connectivity index is 3.12. The molecular weight excluding hydrogens is 135 g/mol. The molecule has 0 radical (unpaired) electrons. The lowest BCUT2D eigenvalue weighted by molar-refractivity contribution is -0.144. The summed E-state index contributed by atoms with van der Waals surface area (Å²) in [5, 5.41) is 0. The summed E-state index contributed by atoms with van der Waals surface area (Å²) in [5.41, 5.74) is 0. The molecule has 0 aliphatic carbocycles. The first-order valence-corrected chi connectivity index (χ1v) is 3.38. The Morgan fingerprint density at radius 2 is 2.20 bits per heavy atom. The normalized spacial score (nSPS) is 10.0. The predicted octanol–water partition coefficient (Wildman–Crippen LogP) is 1.55. The van der Waals surface area contributed by atoms with Crippen LogP contribution in [0.3, 0.4) is 0 Å². The maximum Gasteiger partial charge on any atom is 0.337 e. The fourth-order valence-corrected chi connectivity index (χ4v) is 0.447. The summed E-state index contributed by atoms with van der Waals surface area (Å²) in [6.45, 7) is 3.35. The molecule has 0 saturated carbocycles. The van der Waals surface area contributed by atoms with E-state index in [1.807, 2.05) is 13.8 Å². The average Bonchev–Trinajstić information content (AvgIpc) is 1.87. The van der Waals surface area contributed by atoms with E-state index in [9.17, 15) is 9.18 Å². The minimum Gasteiger partial charge on any atom is -0.464 e. The van der Waals surface area contributed by atoms with Crippen molar-refractivity contribution in [1.29, 1.82) is 0 Å². The van der Waals surface area contributed by atoms with Crippen LogP contribution in [-0.2, 0) is 9.53 Å². The Hall–Kier alpha value is -0.600. The zero-order chi connectivity index (χ0) is 7.98. The molecular formula is C7H13FO2. The maximum absolute atomic E-state index is 11.4. The SMILES string of the molecule is CC(C)CCOC(=O)CF. The first-order chi connectivity index (χ1) is 4.66. The lowest BCUT2D eigenvalue weighted by Gasteiger charge is -2.03. The molecule has 10 heavy (non-hydrogen) atoms. The highest BCUT2D eigenvalue weighted by atomic mass is 19.1. The molecule has 0 rings (SSSR count). The number of alkyl halides is 1. The van der Waals surface area contributed by atoms with E-state index < -0.39 is 12.6 Å². The van der Waals surface area contributed by atoms with Gasteiger partial charge in [0.05, 0.1) is 6.61 Å². The number of carbonyl (C=O) groups excluding carboxylic acids is 1. The molecule has 0 fully saturated rings. The van der Waals surface area contributed by atoms with Crippen LogP contribution in [0.1, 0.15) is 20.3 Å². The quantitative estimate of drug-likeness (QED) is 0.565. The topological polar surface area (TPSA) is 26.3 Å². The fourth-order valence-electron chi connectivity index (χ4n) is 0.447. The van der Waals surface area contributed by atoms with Crippen LogP contribution in [-0.4, -0.2) is 19.3 Å². The van der Waals surface area contributed by atoms with Crippen molar-refractivity contribution in [2.45, 2.75) is 20.3 Å². The Labute approximate surface area is 60.4 Å². The monoisotopic (exact) mass is 148 g/mol. The number of carbonyl (C=O) groups is 1. The molecule has 3 heteroatoms. The second-order valence-electron chi connectivity index (χ2n) is 2.54. The molecule has 0 bridgehead atoms. The van der Waals surface area contributed by atoms with Crippen molar-refractivity contribution >= 4 is 5.97 Å². The highest BCUT2D eigenvalue weighted by Crippen LogP contribution is 1.98. The van der Waals surface area contributed by atoms with E-state index in [4.69, 9.17) is 0 Å². The standard InChI is InChI=1S/C7H13FO2/c1-6(2)3-4-10-7(9)5-8/h6H,3-5H2,1-2H3. The second-order valence-corrected chi connectivity index (χ2v) is 2.54. The molecule has 0 saturated heterocycles. The molecule has 0 aliphatic heterocycles. The summed E-state index contributed by atoms with van der Waals surface area (Å²) in [5.74, 6) is -0.270. The Morgan fingerprint density at radius 1 is 1.60 bits per heavy atom. The van der Waals surface area contributed by atoms with Gasteiger partial charge < -0.3 is 4.74 Å². The van der Waals surface area contributed by atoms with Gasteiger partial charge in [0.15, 0.2) is 6.67 Å². The molecule has 0 N–H and O–H groups in total. The number of esters is 1. The van der Waals surface area contributed by atoms with E-state index in [0.29, 0.717) is 12.5 Å². The third kappa shape index (κ3) is 5.54. The summed E-state index contributed by atoms with van der Waals surface area (Å²) in [6, 6.07) is 0. The third-order valence-corrected chi connectivity index (χ3v) is 1.07. The van der Waals surface area contributed by atoms with E-state index in [-0.39, 0.29) is 0 Å². The van der Waals surface area contributed by atoms with Crippen LogP contribution in [0, 0.1) is 5.92 Å². The van der Waals surface area contributed by atoms with E-state index in [1.165, 1.54) is 0 Å². The molecule has 60 valence electrons. The predicted molar refractivity (Wildman–Crippen MR) is 36.4 cm³/mol. The van der Waals surface area contributed by atoms with Gasteiger partial charge in [0, 0.05) is 0 Å². The Morgan fingerprint density at radius 3 is 2.60 bits per heavy atom. The van der Waals surface area contributed by atoms with Gasteiger partial charge in [0.25, 0.3) is 0 Å². The van der Waals surface area contributed by atoms with Crippen LogP contribution < -0.4 is 0 Å². The largest absolute Gasteiger partial charge is 0.464 e. The van der Waals surface area contributed by atoms with Gasteiger partial charge in [-0.05, 0) is 12.3 Å². The second kappa shape index (κ2) is 5.21. The Kier molecular flexibility index (Phi) is 4.89. The van der Waals surface area contributed by atoms with E-state index in [1.54, 1.807) is 0 Å². The maximum atomic E-state index is 11.4. The minimum atomic E-state index is -1.02. The van der Waals surface area contributed by atoms with Crippen molar-refractivity contribution in [3.05, 3.63) is 0 Å². The highest BCUT2D eigenvalue weighted by molar-refractivity contribution is 5.70. The molecule has 0 heterocycles. The summed E-state index contributed by atoms with van der Waals surface area (Å²) >= 11 is 0. The summed E-state index contributed by atoms with van der Waals surface area (Å²) in [4.78, 5) is 10.2. The summed E-state index contributed by atoms with van der Waals surface area (Å²) in [6.07, 6.45) is 0.797. The Bertz CT molecular complexity index is 102. The molecule has 0 aromatic carbocycles. The van der Waals surface area contributed by atoms with E-state index in [2.05, 4.69) is 4.74 Å². The molecule has 0 unspecified atom stereocenters. The number of ether oxygens (including phenoxy) is 1. The molecule has 0 aliphatic rings. The van der Waals surface area contributed by atoms with Crippen LogP contribution in [0.5, 0.6) is 0 Å². The first kappa shape index (κ1) is 9.40. The zero-order valence-corrected chi connectivity index (χ0v) is 6.39. The lowest BCUT2D eigenvalue weighted by atomic mass is 10.1. The molecule has 0 aromatic rings. The van der Waals surface area contributed by atoms with Crippen LogP contribution in [0.2, 0.25) is 0 Å². The summed E-state index contributed by atoms with van der Waals surface area (Å²) < 4.78 is 15.9. The van der Waals surface area contributed by atoms with Crippen molar-refractivity contribution < 1.29 is 13.9 Å². The first-order valence-electron chi connectivity index (χ1n) is 3.38. The molecule has 0 aromatic heterocycles. The molecule has 0 atom stereocenters. The number of hydrogen-bond acceptors (Lipinski definition) is 2. The van der Waals surface area contributed by atoms with E-state index >= 15 is 0 Å². The van der Waals surface area contributed by atoms with Gasteiger partial charge in [0.1, 0.15) is 0 Å². The van der Waals surface area contributed by atoms with Crippen LogP contribution in [0.25, 0.3) is 0 Å². The van der Waals surface area contributed by atoms with Crippen molar-refractivity contribution in [2.24, 2.45) is 5.92 Å². The van der Waals surface area contributed by atoms with E-state index in [0.717, 1.165) is 6.42 Å². The zero-order valence-electron chi connectivity index (χ0n) is 6.39. The van der Waals surface area contributed by atoms with Crippen molar-refractivity contribution in [2.75, 3.05) is 13.3 Å². The third-order valence-electron chi connectivity index (χ3n) is 1.07. The number of halogens is 1. The highest BCUT2D eigenvalue weighted by Gasteiger charge is 2.00. The lowest BCUT2D eigenvalue weighted by Crippen LogP contribution is -2.08. The summed E-state index contributed by atoms with van der Waals surface area (Å²) in [7, 11) is 0. The van der Waals surface area contributed by atoms with Gasteiger partial charge in [-0.15, -0.1) is 0 Å². The fraction of sp³-hybridized carbons (Fsp3) is 0.857. The minimum absolute atomic E-state index is 0.334. The van der Waals surface area contributed by atoms with Gasteiger partial charge in [-0.1, -0.05) is 13.8 Å². The van der Waals surface area contributed by atoms with Crippen molar-refractivity contribution in [3.8, 4) is 0 Å². The van der Waals surface area contributed by atoms with Gasteiger partial charge in [-0.2, -0.15) is 0 Å². The average molecular weight is 148 g/mol.